The lowest BCUT2D eigenvalue weighted by atomic mass is 9.85. The summed E-state index contributed by atoms with van der Waals surface area (Å²) in [5.74, 6) is -4.67. The zero-order chi connectivity index (χ0) is 23.9. The molecule has 33 heavy (non-hydrogen) atoms. The highest BCUT2D eigenvalue weighted by atomic mass is 16.5. The minimum Gasteiger partial charge on any atom is -0.492 e. The number of carboxylic acid groups (broad SMARTS) is 1. The quantitative estimate of drug-likeness (QED) is 0.231. The Labute approximate surface area is 188 Å². The number of benzene rings is 1. The number of rotatable bonds is 3. The molecule has 1 aromatic carbocycles. The minimum atomic E-state index is -2.72. The van der Waals surface area contributed by atoms with E-state index in [2.05, 4.69) is 20.6 Å². The lowest BCUT2D eigenvalue weighted by molar-refractivity contribution is -0.230. The molecule has 176 valence electrons. The number of ether oxygens (including phenoxy) is 1. The molecule has 5 rings (SSSR count). The van der Waals surface area contributed by atoms with E-state index < -0.39 is 41.5 Å². The van der Waals surface area contributed by atoms with E-state index in [-0.39, 0.29) is 29.4 Å². The lowest BCUT2D eigenvalue weighted by Gasteiger charge is -2.48. The third-order valence-corrected chi connectivity index (χ3v) is 6.83. The maximum atomic E-state index is 13.2. The first-order valence-electron chi connectivity index (χ1n) is 10.4. The van der Waals surface area contributed by atoms with Crippen LogP contribution in [0.5, 0.6) is 5.75 Å². The summed E-state index contributed by atoms with van der Waals surface area (Å²) in [6, 6.07) is 1.09. The van der Waals surface area contributed by atoms with Gasteiger partial charge in [0, 0.05) is 17.5 Å². The molecule has 13 nitrogen and oxygen atoms in total. The van der Waals surface area contributed by atoms with Crippen LogP contribution in [0.25, 0.3) is 0 Å². The smallest absolute Gasteiger partial charge is 0.331 e. The van der Waals surface area contributed by atoms with Crippen LogP contribution in [0.4, 0.5) is 0 Å². The highest BCUT2D eigenvalue weighted by Gasteiger charge is 2.74. The van der Waals surface area contributed by atoms with Crippen molar-refractivity contribution in [1.29, 1.82) is 0 Å². The van der Waals surface area contributed by atoms with Crippen LogP contribution < -0.4 is 26.8 Å². The summed E-state index contributed by atoms with van der Waals surface area (Å²) in [7, 11) is 0. The highest BCUT2D eigenvalue weighted by Crippen LogP contribution is 2.45. The molecule has 1 fully saturated rings. The van der Waals surface area contributed by atoms with Gasteiger partial charge in [-0.05, 0) is 6.07 Å². The van der Waals surface area contributed by atoms with E-state index in [1.807, 2.05) is 19.9 Å². The first-order chi connectivity index (χ1) is 15.4. The Morgan fingerprint density at radius 1 is 1.27 bits per heavy atom. The molecule has 9 N–H and O–H groups in total. The van der Waals surface area contributed by atoms with Crippen LogP contribution in [0.15, 0.2) is 28.2 Å². The number of aliphatic imine (C=N–C) groups is 2. The van der Waals surface area contributed by atoms with Crippen molar-refractivity contribution >= 4 is 23.8 Å². The van der Waals surface area contributed by atoms with Crippen LogP contribution in [0, 0.1) is 0 Å². The number of fused-ring (bicyclic) bond motifs is 1. The third-order valence-electron chi connectivity index (χ3n) is 6.83. The molecule has 0 radical (unpaired) electrons. The Morgan fingerprint density at radius 2 is 2.00 bits per heavy atom. The second-order valence-corrected chi connectivity index (χ2v) is 9.34. The van der Waals surface area contributed by atoms with Crippen molar-refractivity contribution in [1.82, 2.24) is 15.5 Å². The third kappa shape index (κ3) is 2.66. The van der Waals surface area contributed by atoms with Gasteiger partial charge in [0.25, 0.3) is 5.91 Å². The summed E-state index contributed by atoms with van der Waals surface area (Å²) in [6.07, 6.45) is 0. The van der Waals surface area contributed by atoms with E-state index >= 15 is 0 Å². The van der Waals surface area contributed by atoms with E-state index in [9.17, 15) is 24.9 Å². The van der Waals surface area contributed by atoms with E-state index in [0.717, 1.165) is 5.56 Å². The Morgan fingerprint density at radius 3 is 2.70 bits per heavy atom. The van der Waals surface area contributed by atoms with Crippen LogP contribution >= 0.6 is 0 Å². The molecule has 0 bridgehead atoms. The van der Waals surface area contributed by atoms with Gasteiger partial charge in [-0.1, -0.05) is 26.0 Å². The van der Waals surface area contributed by atoms with E-state index in [1.165, 1.54) is 4.90 Å². The number of carbonyl (C=O) groups excluding carboxylic acids is 1. The van der Waals surface area contributed by atoms with Gasteiger partial charge in [0.05, 0.1) is 12.2 Å². The Kier molecular flexibility index (Phi) is 4.18. The molecule has 0 saturated carbocycles. The van der Waals surface area contributed by atoms with Gasteiger partial charge in [-0.3, -0.25) is 4.79 Å². The van der Waals surface area contributed by atoms with Crippen LogP contribution in [0.1, 0.15) is 29.8 Å². The van der Waals surface area contributed by atoms with Gasteiger partial charge in [0.2, 0.25) is 5.79 Å². The van der Waals surface area contributed by atoms with Crippen molar-refractivity contribution in [3.05, 3.63) is 29.3 Å². The zero-order valence-electron chi connectivity index (χ0n) is 17.9. The first-order valence-corrected chi connectivity index (χ1v) is 10.4. The molecule has 0 aromatic heterocycles. The number of aliphatic hydroxyl groups is 2. The molecule has 4 aliphatic rings. The SMILES string of the molecule is CC1(C)COc2c(C(=O)N[C@H]3CN4C(N)=N[C@@H](C(=O)O)[C@@H]5N=C(N)N[C@@]54C3(O)O)cccc21. The number of para-hydroxylation sites is 1. The van der Waals surface area contributed by atoms with Crippen LogP contribution in [0.3, 0.4) is 0 Å². The minimum absolute atomic E-state index is 0.186. The molecule has 1 spiro atoms. The molecule has 0 aliphatic carbocycles. The fourth-order valence-corrected chi connectivity index (χ4v) is 5.16. The molecule has 4 aliphatic heterocycles. The predicted octanol–water partition coefficient (Wildman–Crippen LogP) is -2.78. The number of carboxylic acids is 1. The number of nitrogens with zero attached hydrogens (tertiary/aromatic N) is 3. The van der Waals surface area contributed by atoms with Crippen molar-refractivity contribution in [3.8, 4) is 5.75 Å². The molecule has 4 atom stereocenters. The Balaban J connectivity index is 1.50. The first kappa shape index (κ1) is 21.3. The van der Waals surface area contributed by atoms with Crippen LogP contribution in [0.2, 0.25) is 0 Å². The van der Waals surface area contributed by atoms with Gasteiger partial charge in [-0.2, -0.15) is 0 Å². The van der Waals surface area contributed by atoms with Gasteiger partial charge in [-0.15, -0.1) is 0 Å². The molecular formula is C20H25N7O6. The molecular weight excluding hydrogens is 434 g/mol. The normalized spacial score (nSPS) is 32.5. The standard InChI is InChI=1S/C20H25N7O6/c1-18(2)7-33-12-8(4-3-5-9(12)18)14(28)23-10-6-27-17(22)24-11(15(29)30)13-19(27,20(10,31)32)26-16(21)25-13/h3-5,10-11,13,31-32H,6-7H2,1-2H3,(H2,22,24)(H,23,28)(H,29,30)(H3,21,25,26)/t10-,11+,13-,19-/m0/s1. The summed E-state index contributed by atoms with van der Waals surface area (Å²) in [5.41, 5.74) is 10.7. The topological polar surface area (TPSA) is 208 Å². The van der Waals surface area contributed by atoms with Crippen molar-refractivity contribution in [2.75, 3.05) is 13.2 Å². The molecule has 1 saturated heterocycles. The maximum Gasteiger partial charge on any atom is 0.331 e. The monoisotopic (exact) mass is 459 g/mol. The van der Waals surface area contributed by atoms with Crippen molar-refractivity contribution in [2.24, 2.45) is 21.5 Å². The largest absolute Gasteiger partial charge is 0.492 e. The predicted molar refractivity (Wildman–Crippen MR) is 114 cm³/mol. The number of amides is 1. The molecule has 0 unspecified atom stereocenters. The van der Waals surface area contributed by atoms with Crippen LogP contribution in [-0.4, -0.2) is 86.7 Å². The summed E-state index contributed by atoms with van der Waals surface area (Å²) in [4.78, 5) is 34.3. The van der Waals surface area contributed by atoms with Gasteiger partial charge < -0.3 is 47.1 Å². The van der Waals surface area contributed by atoms with E-state index in [1.54, 1.807) is 12.1 Å². The molecule has 13 heteroatoms. The zero-order valence-corrected chi connectivity index (χ0v) is 17.9. The summed E-state index contributed by atoms with van der Waals surface area (Å²) in [6.45, 7) is 4.22. The van der Waals surface area contributed by atoms with Crippen molar-refractivity contribution < 1.29 is 29.6 Å². The number of hydrogen-bond donors (Lipinski definition) is 7. The maximum absolute atomic E-state index is 13.2. The number of guanidine groups is 2. The summed E-state index contributed by atoms with van der Waals surface area (Å²) in [5, 5.41) is 37.5. The van der Waals surface area contributed by atoms with E-state index in [4.69, 9.17) is 16.2 Å². The average molecular weight is 459 g/mol. The summed E-state index contributed by atoms with van der Waals surface area (Å²) < 4.78 is 5.77. The molecule has 4 heterocycles. The second kappa shape index (κ2) is 6.48. The number of carbonyl (C=O) groups is 2. The van der Waals surface area contributed by atoms with Crippen molar-refractivity contribution in [2.45, 2.75) is 48.8 Å². The number of aliphatic carboxylic acids is 1. The van der Waals surface area contributed by atoms with Crippen molar-refractivity contribution in [3.63, 3.8) is 0 Å². The average Bonchev–Trinajstić information content (AvgIpc) is 3.32. The Bertz CT molecular complexity index is 1130. The van der Waals surface area contributed by atoms with E-state index in [0.29, 0.717) is 12.4 Å². The fraction of sp³-hybridized carbons (Fsp3) is 0.500. The lowest BCUT2D eigenvalue weighted by Crippen LogP contribution is -2.78. The van der Waals surface area contributed by atoms with Crippen LogP contribution in [-0.2, 0) is 10.2 Å². The highest BCUT2D eigenvalue weighted by molar-refractivity contribution is 5.98. The molecule has 1 amide bonds. The number of hydrogen-bond acceptors (Lipinski definition) is 11. The van der Waals surface area contributed by atoms with Gasteiger partial charge >= 0.3 is 5.97 Å². The molecule has 1 aromatic rings. The van der Waals surface area contributed by atoms with Gasteiger partial charge in [0.15, 0.2) is 23.6 Å². The summed E-state index contributed by atoms with van der Waals surface area (Å²) >= 11 is 0. The second-order valence-electron chi connectivity index (χ2n) is 9.34. The van der Waals surface area contributed by atoms with Gasteiger partial charge in [-0.25, -0.2) is 14.8 Å². The van der Waals surface area contributed by atoms with Gasteiger partial charge in [0.1, 0.15) is 17.8 Å². The number of nitrogens with two attached hydrogens (primary N) is 2. The fourth-order valence-electron chi connectivity index (χ4n) is 5.16. The number of nitrogens with one attached hydrogen (secondary N) is 2. The Hall–Kier alpha value is -3.58.